The van der Waals surface area contributed by atoms with Crippen LogP contribution in [0.3, 0.4) is 0 Å². The second kappa shape index (κ2) is 5.15. The molecular weight excluding hydrogens is 196 g/mol. The molecule has 0 aromatic carbocycles. The number of nitrogens with zero attached hydrogens (tertiary/aromatic N) is 1. The molecule has 3 unspecified atom stereocenters. The first-order valence-corrected chi connectivity index (χ1v) is 5.65. The van der Waals surface area contributed by atoms with Crippen LogP contribution in [0, 0.1) is 5.92 Å². The molecule has 3 heteroatoms. The van der Waals surface area contributed by atoms with Gasteiger partial charge in [-0.3, -0.25) is 0 Å². The summed E-state index contributed by atoms with van der Waals surface area (Å²) in [6.07, 6.45) is 1.20. The van der Waals surface area contributed by atoms with Gasteiger partial charge < -0.3 is 10.2 Å². The molecule has 1 saturated heterocycles. The summed E-state index contributed by atoms with van der Waals surface area (Å²) in [5, 5.41) is 4.16. The first-order chi connectivity index (χ1) is 6.50. The topological polar surface area (TPSA) is 15.3 Å². The van der Waals surface area contributed by atoms with Gasteiger partial charge in [-0.2, -0.15) is 0 Å². The van der Waals surface area contributed by atoms with Gasteiger partial charge in [0, 0.05) is 30.2 Å². The molecule has 0 bridgehead atoms. The van der Waals surface area contributed by atoms with E-state index in [0.29, 0.717) is 23.0 Å². The highest BCUT2D eigenvalue weighted by atomic mass is 35.5. The fourth-order valence-corrected chi connectivity index (χ4v) is 2.14. The Labute approximate surface area is 92.3 Å². The molecule has 0 aliphatic carbocycles. The zero-order valence-electron chi connectivity index (χ0n) is 9.39. The predicted molar refractivity (Wildman–Crippen MR) is 62.7 cm³/mol. The summed E-state index contributed by atoms with van der Waals surface area (Å²) in [5.74, 6) is 0.687. The summed E-state index contributed by atoms with van der Waals surface area (Å²) in [6.45, 7) is 10.1. The van der Waals surface area contributed by atoms with E-state index in [2.05, 4.69) is 37.7 Å². The van der Waals surface area contributed by atoms with E-state index < -0.39 is 0 Å². The molecule has 1 aliphatic heterocycles. The molecule has 0 aromatic heterocycles. The first-order valence-electron chi connectivity index (χ1n) is 5.27. The molecule has 2 nitrogen and oxygen atoms in total. The third kappa shape index (κ3) is 3.26. The quantitative estimate of drug-likeness (QED) is 0.777. The first kappa shape index (κ1) is 12.0. The molecule has 82 valence electrons. The van der Waals surface area contributed by atoms with Crippen LogP contribution in [-0.2, 0) is 0 Å². The Morgan fingerprint density at radius 3 is 2.79 bits per heavy atom. The van der Waals surface area contributed by atoms with Gasteiger partial charge in [0.15, 0.2) is 0 Å². The van der Waals surface area contributed by atoms with Crippen molar-refractivity contribution in [2.24, 2.45) is 5.92 Å². The number of piperidine rings is 1. The minimum absolute atomic E-state index is 0.580. The van der Waals surface area contributed by atoms with Crippen molar-refractivity contribution in [3.05, 3.63) is 11.6 Å². The van der Waals surface area contributed by atoms with Gasteiger partial charge in [0.1, 0.15) is 0 Å². The number of hydrogen-bond acceptors (Lipinski definition) is 2. The standard InChI is InChI=1S/C11H21ClN2/c1-8-7-14(4)10(3)5-11(8)13-6-9(2)12/h8,10-11,13H,2,5-7H2,1,3-4H3. The van der Waals surface area contributed by atoms with Gasteiger partial charge in [-0.1, -0.05) is 25.1 Å². The molecule has 1 fully saturated rings. The Morgan fingerprint density at radius 1 is 1.57 bits per heavy atom. The third-order valence-corrected chi connectivity index (χ3v) is 3.30. The Kier molecular flexibility index (Phi) is 4.42. The van der Waals surface area contributed by atoms with Crippen LogP contribution in [0.25, 0.3) is 0 Å². The SMILES string of the molecule is C=C(Cl)CNC1CC(C)N(C)CC1C. The van der Waals surface area contributed by atoms with E-state index in [-0.39, 0.29) is 0 Å². The van der Waals surface area contributed by atoms with Crippen molar-refractivity contribution in [3.63, 3.8) is 0 Å². The maximum Gasteiger partial charge on any atom is 0.0310 e. The lowest BCUT2D eigenvalue weighted by Gasteiger charge is -2.40. The minimum atomic E-state index is 0.580. The van der Waals surface area contributed by atoms with Crippen molar-refractivity contribution in [2.75, 3.05) is 20.1 Å². The van der Waals surface area contributed by atoms with Gasteiger partial charge in [0.25, 0.3) is 0 Å². The number of nitrogens with one attached hydrogen (secondary N) is 1. The fraction of sp³-hybridized carbons (Fsp3) is 0.818. The monoisotopic (exact) mass is 216 g/mol. The summed E-state index contributed by atoms with van der Waals surface area (Å²) < 4.78 is 0. The smallest absolute Gasteiger partial charge is 0.0310 e. The van der Waals surface area contributed by atoms with E-state index in [0.717, 1.165) is 13.1 Å². The van der Waals surface area contributed by atoms with E-state index in [4.69, 9.17) is 11.6 Å². The van der Waals surface area contributed by atoms with Gasteiger partial charge >= 0.3 is 0 Å². The van der Waals surface area contributed by atoms with Gasteiger partial charge in [0.2, 0.25) is 0 Å². The maximum atomic E-state index is 5.74. The lowest BCUT2D eigenvalue weighted by atomic mass is 9.90. The van der Waals surface area contributed by atoms with Gasteiger partial charge in [-0.25, -0.2) is 0 Å². The Bertz CT molecular complexity index is 205. The van der Waals surface area contributed by atoms with E-state index in [1.54, 1.807) is 0 Å². The molecule has 0 amide bonds. The van der Waals surface area contributed by atoms with Crippen LogP contribution in [-0.4, -0.2) is 37.1 Å². The van der Waals surface area contributed by atoms with Crippen LogP contribution < -0.4 is 5.32 Å². The van der Waals surface area contributed by atoms with E-state index >= 15 is 0 Å². The Balaban J connectivity index is 2.40. The fourth-order valence-electron chi connectivity index (χ4n) is 2.07. The zero-order valence-corrected chi connectivity index (χ0v) is 10.1. The van der Waals surface area contributed by atoms with Crippen molar-refractivity contribution in [3.8, 4) is 0 Å². The lowest BCUT2D eigenvalue weighted by Crippen LogP contribution is -2.51. The van der Waals surface area contributed by atoms with Crippen LogP contribution in [0.2, 0.25) is 0 Å². The van der Waals surface area contributed by atoms with Crippen molar-refractivity contribution in [1.82, 2.24) is 10.2 Å². The second-order valence-corrected chi connectivity index (χ2v) is 5.04. The van der Waals surface area contributed by atoms with Crippen molar-refractivity contribution in [2.45, 2.75) is 32.4 Å². The summed E-state index contributed by atoms with van der Waals surface area (Å²) in [5.41, 5.74) is 0. The summed E-state index contributed by atoms with van der Waals surface area (Å²) in [7, 11) is 2.19. The number of hydrogen-bond donors (Lipinski definition) is 1. The highest BCUT2D eigenvalue weighted by Crippen LogP contribution is 2.20. The highest BCUT2D eigenvalue weighted by Gasteiger charge is 2.28. The molecular formula is C11H21ClN2. The number of halogens is 1. The van der Waals surface area contributed by atoms with Crippen LogP contribution in [0.1, 0.15) is 20.3 Å². The normalized spacial score (nSPS) is 34.4. The molecule has 1 aliphatic rings. The van der Waals surface area contributed by atoms with E-state index in [1.165, 1.54) is 6.42 Å². The second-order valence-electron chi connectivity index (χ2n) is 4.51. The summed E-state index contributed by atoms with van der Waals surface area (Å²) >= 11 is 5.74. The van der Waals surface area contributed by atoms with Crippen LogP contribution in [0.5, 0.6) is 0 Å². The third-order valence-electron chi connectivity index (χ3n) is 3.17. The van der Waals surface area contributed by atoms with Crippen LogP contribution in [0.4, 0.5) is 0 Å². The molecule has 1 N–H and O–H groups in total. The minimum Gasteiger partial charge on any atom is -0.309 e. The maximum absolute atomic E-state index is 5.74. The molecule has 3 atom stereocenters. The van der Waals surface area contributed by atoms with Crippen molar-refractivity contribution < 1.29 is 0 Å². The molecule has 0 radical (unpaired) electrons. The zero-order chi connectivity index (χ0) is 10.7. The predicted octanol–water partition coefficient (Wildman–Crippen LogP) is 2.06. The average Bonchev–Trinajstić information content (AvgIpc) is 2.09. The summed E-state index contributed by atoms with van der Waals surface area (Å²) in [4.78, 5) is 2.42. The Morgan fingerprint density at radius 2 is 2.21 bits per heavy atom. The van der Waals surface area contributed by atoms with E-state index in [9.17, 15) is 0 Å². The van der Waals surface area contributed by atoms with Gasteiger partial charge in [-0.05, 0) is 26.3 Å². The molecule has 0 spiro atoms. The number of rotatable bonds is 3. The number of likely N-dealkylation sites (tertiary alicyclic amines) is 1. The van der Waals surface area contributed by atoms with Crippen molar-refractivity contribution >= 4 is 11.6 Å². The molecule has 0 saturated carbocycles. The average molecular weight is 217 g/mol. The van der Waals surface area contributed by atoms with Crippen LogP contribution in [0.15, 0.2) is 11.6 Å². The summed E-state index contributed by atoms with van der Waals surface area (Å²) in [6, 6.07) is 1.24. The Hall–Kier alpha value is -0.0500. The van der Waals surface area contributed by atoms with Crippen molar-refractivity contribution in [1.29, 1.82) is 0 Å². The highest BCUT2D eigenvalue weighted by molar-refractivity contribution is 6.29. The van der Waals surface area contributed by atoms with Crippen LogP contribution >= 0.6 is 11.6 Å². The van der Waals surface area contributed by atoms with E-state index in [1.807, 2.05) is 0 Å². The van der Waals surface area contributed by atoms with Gasteiger partial charge in [-0.15, -0.1) is 0 Å². The molecule has 0 aromatic rings. The van der Waals surface area contributed by atoms with Gasteiger partial charge in [0.05, 0.1) is 0 Å². The molecule has 14 heavy (non-hydrogen) atoms. The molecule has 1 heterocycles. The largest absolute Gasteiger partial charge is 0.309 e. The lowest BCUT2D eigenvalue weighted by molar-refractivity contribution is 0.123. The molecule has 1 rings (SSSR count).